The van der Waals surface area contributed by atoms with E-state index in [1.807, 2.05) is 12.1 Å². The lowest BCUT2D eigenvalue weighted by molar-refractivity contribution is -0.136. The van der Waals surface area contributed by atoms with Crippen molar-refractivity contribution in [3.63, 3.8) is 0 Å². The molecule has 4 aliphatic rings. The molecule has 0 aromatic heterocycles. The molecule has 8 nitrogen and oxygen atoms in total. The van der Waals surface area contributed by atoms with Gasteiger partial charge in [-0.05, 0) is 42.9 Å². The van der Waals surface area contributed by atoms with Gasteiger partial charge in [-0.2, -0.15) is 0 Å². The third-order valence-corrected chi connectivity index (χ3v) is 7.49. The number of benzene rings is 1. The molecule has 3 heterocycles. The molecule has 0 bridgehead atoms. The molecular weight excluding hydrogens is 384 g/mol. The number of hydrogen-bond donors (Lipinski definition) is 3. The summed E-state index contributed by atoms with van der Waals surface area (Å²) in [6.45, 7) is 2.69. The van der Waals surface area contributed by atoms with Crippen molar-refractivity contribution in [2.75, 3.05) is 13.2 Å². The minimum Gasteiger partial charge on any atom is -0.381 e. The molecule has 2 saturated heterocycles. The molecule has 1 aromatic carbocycles. The largest absolute Gasteiger partial charge is 0.381 e. The number of carbonyl (C=O) groups excluding carboxylic acids is 3. The van der Waals surface area contributed by atoms with Gasteiger partial charge in [-0.3, -0.25) is 19.7 Å². The van der Waals surface area contributed by atoms with Gasteiger partial charge in [-0.25, -0.2) is 0 Å². The van der Waals surface area contributed by atoms with Crippen molar-refractivity contribution in [2.24, 2.45) is 11.1 Å². The molecule has 5 rings (SSSR count). The van der Waals surface area contributed by atoms with Crippen LogP contribution in [0.15, 0.2) is 18.2 Å². The van der Waals surface area contributed by atoms with E-state index in [1.165, 1.54) is 0 Å². The fraction of sp³-hybridized carbons (Fsp3) is 0.591. The number of imide groups is 1. The first-order chi connectivity index (χ1) is 14.5. The summed E-state index contributed by atoms with van der Waals surface area (Å²) >= 11 is 0. The maximum absolute atomic E-state index is 12.8. The number of amides is 3. The maximum Gasteiger partial charge on any atom is 0.255 e. The Kier molecular flexibility index (Phi) is 4.88. The highest BCUT2D eigenvalue weighted by molar-refractivity contribution is 6.05. The van der Waals surface area contributed by atoms with Crippen LogP contribution in [0.2, 0.25) is 0 Å². The lowest BCUT2D eigenvalue weighted by Crippen LogP contribution is -2.67. The van der Waals surface area contributed by atoms with Gasteiger partial charge in [-0.15, -0.1) is 0 Å². The minimum absolute atomic E-state index is 0.134. The van der Waals surface area contributed by atoms with Gasteiger partial charge in [0.1, 0.15) is 6.04 Å². The molecule has 1 aliphatic carbocycles. The summed E-state index contributed by atoms with van der Waals surface area (Å²) in [5.41, 5.74) is 9.20. The monoisotopic (exact) mass is 412 g/mol. The van der Waals surface area contributed by atoms with Crippen LogP contribution in [-0.2, 0) is 27.4 Å². The standard InChI is InChI=1S/C22H28N4O4/c23-17-10-18(22(17)5-7-30-8-6-22)24-11-13-1-2-15-14(9-13)12-26(21(15)29)16-3-4-19(27)25-20(16)28/h1-2,9,16-18,24H,3-8,10-12,23H2,(H,25,27,28). The molecule has 4 N–H and O–H groups in total. The number of rotatable bonds is 4. The predicted molar refractivity (Wildman–Crippen MR) is 108 cm³/mol. The van der Waals surface area contributed by atoms with Crippen molar-refractivity contribution in [3.05, 3.63) is 34.9 Å². The molecule has 1 aromatic rings. The zero-order valence-electron chi connectivity index (χ0n) is 17.0. The number of ether oxygens (including phenoxy) is 1. The van der Waals surface area contributed by atoms with Crippen molar-refractivity contribution >= 4 is 17.7 Å². The molecule has 30 heavy (non-hydrogen) atoms. The third-order valence-electron chi connectivity index (χ3n) is 7.49. The Bertz CT molecular complexity index is 895. The van der Waals surface area contributed by atoms with Crippen molar-refractivity contribution in [1.29, 1.82) is 0 Å². The number of fused-ring (bicyclic) bond motifs is 1. The number of nitrogens with zero attached hydrogens (tertiary/aromatic N) is 1. The van der Waals surface area contributed by atoms with Gasteiger partial charge in [0, 0.05) is 55.8 Å². The molecule has 3 amide bonds. The Hall–Kier alpha value is -2.29. The zero-order valence-corrected chi connectivity index (χ0v) is 17.0. The van der Waals surface area contributed by atoms with E-state index >= 15 is 0 Å². The summed E-state index contributed by atoms with van der Waals surface area (Å²) in [6.07, 6.45) is 3.64. The minimum atomic E-state index is -0.575. The molecule has 3 fully saturated rings. The Morgan fingerprint density at radius 1 is 1.23 bits per heavy atom. The maximum atomic E-state index is 12.8. The van der Waals surface area contributed by atoms with Gasteiger partial charge >= 0.3 is 0 Å². The SMILES string of the molecule is NC1CC(NCc2ccc3c(c2)CN(C2CCC(=O)NC2=O)C3=O)C12CCOCC2. The van der Waals surface area contributed by atoms with E-state index in [-0.39, 0.29) is 35.6 Å². The summed E-state index contributed by atoms with van der Waals surface area (Å²) in [4.78, 5) is 38.0. The Morgan fingerprint density at radius 3 is 2.77 bits per heavy atom. The quantitative estimate of drug-likeness (QED) is 0.618. The number of hydrogen-bond acceptors (Lipinski definition) is 6. The van der Waals surface area contributed by atoms with Gasteiger partial charge in [0.05, 0.1) is 0 Å². The Labute approximate surface area is 175 Å². The fourth-order valence-corrected chi connectivity index (χ4v) is 5.56. The molecule has 3 aliphatic heterocycles. The topological polar surface area (TPSA) is 114 Å². The van der Waals surface area contributed by atoms with Crippen LogP contribution in [0.3, 0.4) is 0 Å². The van der Waals surface area contributed by atoms with Crippen molar-refractivity contribution in [2.45, 2.75) is 63.3 Å². The first-order valence-electron chi connectivity index (χ1n) is 10.8. The van der Waals surface area contributed by atoms with E-state index in [4.69, 9.17) is 10.5 Å². The van der Waals surface area contributed by atoms with E-state index < -0.39 is 6.04 Å². The average Bonchev–Trinajstić information content (AvgIpc) is 3.07. The average molecular weight is 412 g/mol. The molecule has 1 saturated carbocycles. The van der Waals surface area contributed by atoms with Gasteiger partial charge < -0.3 is 20.7 Å². The summed E-state index contributed by atoms with van der Waals surface area (Å²) in [7, 11) is 0. The van der Waals surface area contributed by atoms with E-state index in [0.29, 0.717) is 24.6 Å². The van der Waals surface area contributed by atoms with Crippen molar-refractivity contribution in [1.82, 2.24) is 15.5 Å². The molecule has 0 radical (unpaired) electrons. The molecule has 8 heteroatoms. The van der Waals surface area contributed by atoms with Crippen LogP contribution < -0.4 is 16.4 Å². The number of nitrogens with one attached hydrogen (secondary N) is 2. The second-order valence-electron chi connectivity index (χ2n) is 9.01. The lowest BCUT2D eigenvalue weighted by atomic mass is 9.56. The molecule has 3 atom stereocenters. The van der Waals surface area contributed by atoms with Crippen molar-refractivity contribution < 1.29 is 19.1 Å². The molecule has 1 spiro atoms. The highest BCUT2D eigenvalue weighted by Gasteiger charge is 2.53. The first kappa shape index (κ1) is 19.7. The van der Waals surface area contributed by atoms with Crippen LogP contribution in [0.1, 0.15) is 53.6 Å². The summed E-state index contributed by atoms with van der Waals surface area (Å²) in [5.74, 6) is -0.783. The number of nitrogens with two attached hydrogens (primary N) is 1. The number of carbonyl (C=O) groups is 3. The highest BCUT2D eigenvalue weighted by atomic mass is 16.5. The molecular formula is C22H28N4O4. The van der Waals surface area contributed by atoms with Gasteiger partial charge in [0.15, 0.2) is 0 Å². The van der Waals surface area contributed by atoms with Gasteiger partial charge in [0.25, 0.3) is 5.91 Å². The smallest absolute Gasteiger partial charge is 0.255 e. The van der Waals surface area contributed by atoms with Gasteiger partial charge in [0.2, 0.25) is 11.8 Å². The van der Waals surface area contributed by atoms with E-state index in [1.54, 1.807) is 4.90 Å². The fourth-order valence-electron chi connectivity index (χ4n) is 5.56. The molecule has 3 unspecified atom stereocenters. The van der Waals surface area contributed by atoms with E-state index in [9.17, 15) is 14.4 Å². The second kappa shape index (κ2) is 7.44. The van der Waals surface area contributed by atoms with Crippen LogP contribution in [0.25, 0.3) is 0 Å². The summed E-state index contributed by atoms with van der Waals surface area (Å²) < 4.78 is 5.53. The van der Waals surface area contributed by atoms with Crippen molar-refractivity contribution in [3.8, 4) is 0 Å². The van der Waals surface area contributed by atoms with E-state index in [2.05, 4.69) is 16.7 Å². The normalized spacial score (nSPS) is 30.2. The Balaban J connectivity index is 1.25. The highest BCUT2D eigenvalue weighted by Crippen LogP contribution is 2.48. The van der Waals surface area contributed by atoms with Crippen LogP contribution in [0.5, 0.6) is 0 Å². The van der Waals surface area contributed by atoms with Gasteiger partial charge in [-0.1, -0.05) is 12.1 Å². The van der Waals surface area contributed by atoms with Crippen LogP contribution >= 0.6 is 0 Å². The zero-order chi connectivity index (χ0) is 20.9. The van der Waals surface area contributed by atoms with Crippen LogP contribution in [-0.4, -0.2) is 54.0 Å². The van der Waals surface area contributed by atoms with Crippen LogP contribution in [0, 0.1) is 5.41 Å². The predicted octanol–water partition coefficient (Wildman–Crippen LogP) is 0.434. The second-order valence-corrected chi connectivity index (χ2v) is 9.01. The van der Waals surface area contributed by atoms with Crippen LogP contribution in [0.4, 0.5) is 0 Å². The summed E-state index contributed by atoms with van der Waals surface area (Å²) in [5, 5.41) is 6.02. The number of piperidine rings is 1. The molecule has 160 valence electrons. The Morgan fingerprint density at radius 2 is 2.03 bits per heavy atom. The first-order valence-corrected chi connectivity index (χ1v) is 10.8. The summed E-state index contributed by atoms with van der Waals surface area (Å²) in [6, 6.07) is 5.95. The lowest BCUT2D eigenvalue weighted by Gasteiger charge is -2.57. The third kappa shape index (κ3) is 3.14. The van der Waals surface area contributed by atoms with E-state index in [0.717, 1.165) is 50.1 Å².